The molecule has 2 nitrogen and oxygen atoms in total. The molecule has 106 valence electrons. The van der Waals surface area contributed by atoms with Crippen molar-refractivity contribution in [1.29, 1.82) is 0 Å². The van der Waals surface area contributed by atoms with Gasteiger partial charge in [0.2, 0.25) is 0 Å². The summed E-state index contributed by atoms with van der Waals surface area (Å²) in [5.41, 5.74) is 0.997. The zero-order chi connectivity index (χ0) is 13.8. The lowest BCUT2D eigenvalue weighted by molar-refractivity contribution is 0.117. The van der Waals surface area contributed by atoms with Gasteiger partial charge in [0, 0.05) is 31.7 Å². The third kappa shape index (κ3) is 3.68. The summed E-state index contributed by atoms with van der Waals surface area (Å²) in [6, 6.07) is 6.19. The van der Waals surface area contributed by atoms with Crippen molar-refractivity contribution < 1.29 is 4.39 Å². The second-order valence-electron chi connectivity index (χ2n) is 5.25. The third-order valence-electron chi connectivity index (χ3n) is 3.95. The number of halogens is 2. The van der Waals surface area contributed by atoms with E-state index in [-0.39, 0.29) is 10.8 Å². The molecule has 1 heterocycles. The SMILES string of the molecule is CCC1CN(Cc2ccc(Cl)c(F)c2)C(CC)CN1. The zero-order valence-electron chi connectivity index (χ0n) is 11.6. The number of hydrogen-bond donors (Lipinski definition) is 1. The molecule has 2 rings (SSSR count). The van der Waals surface area contributed by atoms with E-state index < -0.39 is 0 Å². The Labute approximate surface area is 119 Å². The fraction of sp³-hybridized carbons (Fsp3) is 0.600. The fourth-order valence-electron chi connectivity index (χ4n) is 2.67. The van der Waals surface area contributed by atoms with Crippen LogP contribution in [0.3, 0.4) is 0 Å². The predicted octanol–water partition coefficient (Wildman–Crippen LogP) is 3.44. The number of nitrogens with zero attached hydrogens (tertiary/aromatic N) is 1. The molecule has 0 saturated carbocycles. The van der Waals surface area contributed by atoms with Crippen molar-refractivity contribution in [2.45, 2.75) is 45.3 Å². The summed E-state index contributed by atoms with van der Waals surface area (Å²) in [5, 5.41) is 3.77. The first-order valence-electron chi connectivity index (χ1n) is 7.05. The molecule has 19 heavy (non-hydrogen) atoms. The summed E-state index contributed by atoms with van der Waals surface area (Å²) in [6.45, 7) is 7.24. The lowest BCUT2D eigenvalue weighted by atomic mass is 10.0. The van der Waals surface area contributed by atoms with Crippen molar-refractivity contribution in [3.05, 3.63) is 34.6 Å². The normalized spacial score (nSPS) is 24.6. The van der Waals surface area contributed by atoms with Crippen LogP contribution in [-0.2, 0) is 6.54 Å². The highest BCUT2D eigenvalue weighted by molar-refractivity contribution is 6.30. The maximum absolute atomic E-state index is 13.5. The largest absolute Gasteiger partial charge is 0.311 e. The molecule has 1 fully saturated rings. The van der Waals surface area contributed by atoms with Crippen molar-refractivity contribution in [3.63, 3.8) is 0 Å². The number of benzene rings is 1. The van der Waals surface area contributed by atoms with Gasteiger partial charge in [-0.1, -0.05) is 31.5 Å². The van der Waals surface area contributed by atoms with Gasteiger partial charge >= 0.3 is 0 Å². The van der Waals surface area contributed by atoms with Crippen LogP contribution in [0, 0.1) is 5.82 Å². The average Bonchev–Trinajstić information content (AvgIpc) is 2.43. The molecule has 0 aromatic heterocycles. The van der Waals surface area contributed by atoms with Gasteiger partial charge in [0.1, 0.15) is 5.82 Å². The molecule has 1 aromatic carbocycles. The molecule has 1 aliphatic heterocycles. The molecule has 0 amide bonds. The van der Waals surface area contributed by atoms with Gasteiger partial charge in [0.15, 0.2) is 0 Å². The van der Waals surface area contributed by atoms with E-state index in [1.807, 2.05) is 6.07 Å². The lowest BCUT2D eigenvalue weighted by Crippen LogP contribution is -2.55. The smallest absolute Gasteiger partial charge is 0.142 e. The Morgan fingerprint density at radius 3 is 2.79 bits per heavy atom. The maximum atomic E-state index is 13.5. The van der Waals surface area contributed by atoms with E-state index >= 15 is 0 Å². The lowest BCUT2D eigenvalue weighted by Gasteiger charge is -2.40. The highest BCUT2D eigenvalue weighted by atomic mass is 35.5. The summed E-state index contributed by atoms with van der Waals surface area (Å²) < 4.78 is 13.5. The molecule has 2 unspecified atom stereocenters. The molecule has 1 N–H and O–H groups in total. The van der Waals surface area contributed by atoms with Crippen molar-refractivity contribution in [2.75, 3.05) is 13.1 Å². The van der Waals surface area contributed by atoms with Crippen LogP contribution in [0.5, 0.6) is 0 Å². The molecule has 0 bridgehead atoms. The molecule has 2 atom stereocenters. The summed E-state index contributed by atoms with van der Waals surface area (Å²) in [6.07, 6.45) is 2.24. The third-order valence-corrected chi connectivity index (χ3v) is 4.25. The fourth-order valence-corrected chi connectivity index (χ4v) is 2.79. The number of piperazine rings is 1. The summed E-state index contributed by atoms with van der Waals surface area (Å²) >= 11 is 5.73. The minimum atomic E-state index is -0.325. The zero-order valence-corrected chi connectivity index (χ0v) is 12.4. The van der Waals surface area contributed by atoms with Crippen molar-refractivity contribution >= 4 is 11.6 Å². The molecule has 1 aliphatic rings. The van der Waals surface area contributed by atoms with Crippen LogP contribution in [-0.4, -0.2) is 30.1 Å². The molecular weight excluding hydrogens is 263 g/mol. The summed E-state index contributed by atoms with van der Waals surface area (Å²) in [5.74, 6) is -0.325. The second kappa shape index (κ2) is 6.69. The number of rotatable bonds is 4. The van der Waals surface area contributed by atoms with E-state index in [0.717, 1.165) is 38.0 Å². The van der Waals surface area contributed by atoms with E-state index in [0.29, 0.717) is 12.1 Å². The van der Waals surface area contributed by atoms with E-state index in [1.54, 1.807) is 12.1 Å². The van der Waals surface area contributed by atoms with Gasteiger partial charge in [-0.2, -0.15) is 0 Å². The van der Waals surface area contributed by atoms with Crippen LogP contribution in [0.25, 0.3) is 0 Å². The molecule has 4 heteroatoms. The highest BCUT2D eigenvalue weighted by Gasteiger charge is 2.25. The van der Waals surface area contributed by atoms with Gasteiger partial charge in [0.25, 0.3) is 0 Å². The van der Waals surface area contributed by atoms with E-state index in [2.05, 4.69) is 24.1 Å². The predicted molar refractivity (Wildman–Crippen MR) is 78.0 cm³/mol. The van der Waals surface area contributed by atoms with Crippen LogP contribution < -0.4 is 5.32 Å². The van der Waals surface area contributed by atoms with Gasteiger partial charge in [-0.3, -0.25) is 4.90 Å². The van der Waals surface area contributed by atoms with Crippen molar-refractivity contribution in [1.82, 2.24) is 10.2 Å². The van der Waals surface area contributed by atoms with E-state index in [1.165, 1.54) is 0 Å². The van der Waals surface area contributed by atoms with Crippen molar-refractivity contribution in [3.8, 4) is 0 Å². The van der Waals surface area contributed by atoms with Gasteiger partial charge in [-0.25, -0.2) is 4.39 Å². The molecule has 0 spiro atoms. The average molecular weight is 285 g/mol. The Kier molecular flexibility index (Phi) is 5.20. The topological polar surface area (TPSA) is 15.3 Å². The van der Waals surface area contributed by atoms with Crippen LogP contribution >= 0.6 is 11.6 Å². The van der Waals surface area contributed by atoms with Crippen molar-refractivity contribution in [2.24, 2.45) is 0 Å². The second-order valence-corrected chi connectivity index (χ2v) is 5.66. The molecule has 1 saturated heterocycles. The van der Waals surface area contributed by atoms with Gasteiger partial charge in [-0.15, -0.1) is 0 Å². The van der Waals surface area contributed by atoms with E-state index in [9.17, 15) is 4.39 Å². The summed E-state index contributed by atoms with van der Waals surface area (Å²) in [4.78, 5) is 2.45. The maximum Gasteiger partial charge on any atom is 0.142 e. The van der Waals surface area contributed by atoms with Crippen LogP contribution in [0.4, 0.5) is 4.39 Å². The van der Waals surface area contributed by atoms with Gasteiger partial charge in [-0.05, 0) is 30.5 Å². The first kappa shape index (κ1) is 14.8. The van der Waals surface area contributed by atoms with Gasteiger partial charge < -0.3 is 5.32 Å². The number of hydrogen-bond acceptors (Lipinski definition) is 2. The minimum absolute atomic E-state index is 0.197. The quantitative estimate of drug-likeness (QED) is 0.911. The highest BCUT2D eigenvalue weighted by Crippen LogP contribution is 2.20. The molecular formula is C15H22ClFN2. The van der Waals surface area contributed by atoms with E-state index in [4.69, 9.17) is 11.6 Å². The molecule has 1 aromatic rings. The van der Waals surface area contributed by atoms with Crippen LogP contribution in [0.2, 0.25) is 5.02 Å². The molecule has 0 radical (unpaired) electrons. The Hall–Kier alpha value is -0.640. The van der Waals surface area contributed by atoms with Gasteiger partial charge in [0.05, 0.1) is 5.02 Å². The molecule has 0 aliphatic carbocycles. The Bertz CT molecular complexity index is 425. The first-order valence-corrected chi connectivity index (χ1v) is 7.43. The van der Waals surface area contributed by atoms with Crippen LogP contribution in [0.1, 0.15) is 32.3 Å². The Morgan fingerprint density at radius 1 is 1.37 bits per heavy atom. The monoisotopic (exact) mass is 284 g/mol. The Balaban J connectivity index is 2.07. The minimum Gasteiger partial charge on any atom is -0.311 e. The number of nitrogens with one attached hydrogen (secondary N) is 1. The first-order chi connectivity index (χ1) is 9.13. The van der Waals surface area contributed by atoms with Crippen LogP contribution in [0.15, 0.2) is 18.2 Å². The summed E-state index contributed by atoms with van der Waals surface area (Å²) in [7, 11) is 0. The Morgan fingerprint density at radius 2 is 2.16 bits per heavy atom. The standard InChI is InChI=1S/C15H22ClFN2/c1-3-12-10-19(13(4-2)8-18-12)9-11-5-6-14(16)15(17)7-11/h5-7,12-13,18H,3-4,8-10H2,1-2H3.